The van der Waals surface area contributed by atoms with Crippen LogP contribution >= 0.6 is 12.2 Å². The molecule has 0 heterocycles. The van der Waals surface area contributed by atoms with Crippen molar-refractivity contribution in [3.05, 3.63) is 29.8 Å². The monoisotopic (exact) mass is 269 g/mol. The lowest BCUT2D eigenvalue weighted by Crippen LogP contribution is -2.48. The van der Waals surface area contributed by atoms with Gasteiger partial charge in [-0.15, -0.1) is 0 Å². The van der Waals surface area contributed by atoms with Gasteiger partial charge >= 0.3 is 0 Å². The minimum absolute atomic E-state index is 0.495. The summed E-state index contributed by atoms with van der Waals surface area (Å²) >= 11 is 4.67. The van der Waals surface area contributed by atoms with Gasteiger partial charge in [-0.3, -0.25) is 0 Å². The maximum Gasteiger partial charge on any atom is 0.0739 e. The van der Waals surface area contributed by atoms with E-state index in [0.717, 1.165) is 23.4 Å². The predicted molar refractivity (Wildman–Crippen MR) is 81.0 cm³/mol. The Hall–Kier alpha value is -0.980. The molecule has 98 valence electrons. The van der Waals surface area contributed by atoms with E-state index in [4.69, 9.17) is 0 Å². The summed E-state index contributed by atoms with van der Waals surface area (Å²) in [5.41, 5.74) is 2.98. The number of benzene rings is 1. The quantitative estimate of drug-likeness (QED) is 0.550. The smallest absolute Gasteiger partial charge is 0.0739 e. The highest BCUT2D eigenvalue weighted by Crippen LogP contribution is 2.60. The number of nitrogens with zero attached hydrogens (tertiary/aromatic N) is 1. The van der Waals surface area contributed by atoms with Crippen LogP contribution in [-0.2, 0) is 5.41 Å². The molecular weight excluding hydrogens is 250 g/mol. The van der Waals surface area contributed by atoms with Crippen molar-refractivity contribution in [1.29, 1.82) is 0 Å². The van der Waals surface area contributed by atoms with Gasteiger partial charge in [0.05, 0.1) is 10.8 Å². The first kappa shape index (κ1) is 11.8. The van der Waals surface area contributed by atoms with Gasteiger partial charge in [0.2, 0.25) is 0 Å². The van der Waals surface area contributed by atoms with Crippen LogP contribution in [0.25, 0.3) is 0 Å². The van der Waals surface area contributed by atoms with E-state index in [2.05, 4.69) is 46.6 Å². The first-order chi connectivity index (χ1) is 9.27. The second kappa shape index (κ2) is 4.26. The summed E-state index contributed by atoms with van der Waals surface area (Å²) in [6.45, 7) is 0. The lowest BCUT2D eigenvalue weighted by atomic mass is 9.48. The second-order valence-corrected chi connectivity index (χ2v) is 7.13. The topological polar surface area (TPSA) is 12.4 Å². The van der Waals surface area contributed by atoms with Gasteiger partial charge in [0.15, 0.2) is 0 Å². The van der Waals surface area contributed by atoms with Crippen LogP contribution in [0.2, 0.25) is 0 Å². The molecule has 0 radical (unpaired) electrons. The first-order valence-corrected chi connectivity index (χ1v) is 7.87. The maximum absolute atomic E-state index is 4.67. The molecule has 2 heteroatoms. The molecule has 4 fully saturated rings. The molecular formula is C17H19NS. The van der Waals surface area contributed by atoms with Crippen molar-refractivity contribution in [3.8, 4) is 0 Å². The van der Waals surface area contributed by atoms with Gasteiger partial charge in [-0.1, -0.05) is 12.1 Å². The van der Waals surface area contributed by atoms with Crippen molar-refractivity contribution >= 4 is 23.1 Å². The van der Waals surface area contributed by atoms with Crippen molar-refractivity contribution in [2.45, 2.75) is 43.9 Å². The van der Waals surface area contributed by atoms with Crippen LogP contribution in [0.4, 0.5) is 5.69 Å². The molecule has 4 aliphatic carbocycles. The molecule has 0 aliphatic heterocycles. The molecule has 0 atom stereocenters. The summed E-state index contributed by atoms with van der Waals surface area (Å²) in [5, 5.41) is 2.45. The van der Waals surface area contributed by atoms with Crippen LogP contribution in [0, 0.1) is 17.8 Å². The van der Waals surface area contributed by atoms with Crippen molar-refractivity contribution in [2.75, 3.05) is 0 Å². The van der Waals surface area contributed by atoms with Crippen LogP contribution in [0.1, 0.15) is 44.1 Å². The van der Waals surface area contributed by atoms with E-state index in [-0.39, 0.29) is 0 Å². The van der Waals surface area contributed by atoms with Crippen LogP contribution in [0.5, 0.6) is 0 Å². The molecule has 4 aliphatic rings. The Labute approximate surface area is 120 Å². The fourth-order valence-electron chi connectivity index (χ4n) is 5.41. The molecule has 1 aromatic rings. The van der Waals surface area contributed by atoms with Gasteiger partial charge < -0.3 is 0 Å². The molecule has 1 aromatic carbocycles. The average Bonchev–Trinajstić information content (AvgIpc) is 2.38. The molecule has 0 amide bonds. The molecule has 4 saturated carbocycles. The number of aliphatic imine (C=N–C) groups is 1. The fraction of sp³-hybridized carbons (Fsp3) is 0.588. The third kappa shape index (κ3) is 1.89. The highest BCUT2D eigenvalue weighted by molar-refractivity contribution is 7.78. The Balaban J connectivity index is 1.69. The summed E-state index contributed by atoms with van der Waals surface area (Å²) in [7, 11) is 0. The molecule has 4 bridgehead atoms. The minimum Gasteiger partial charge on any atom is -0.195 e. The summed E-state index contributed by atoms with van der Waals surface area (Å²) in [6, 6.07) is 8.79. The molecule has 0 saturated heterocycles. The number of hydrogen-bond acceptors (Lipinski definition) is 2. The second-order valence-electron chi connectivity index (χ2n) is 6.95. The van der Waals surface area contributed by atoms with Crippen molar-refractivity contribution in [2.24, 2.45) is 22.7 Å². The molecule has 0 N–H and O–H groups in total. The van der Waals surface area contributed by atoms with Gasteiger partial charge in [-0.25, -0.2) is 0 Å². The van der Waals surface area contributed by atoms with E-state index in [9.17, 15) is 0 Å². The highest BCUT2D eigenvalue weighted by atomic mass is 32.1. The lowest BCUT2D eigenvalue weighted by molar-refractivity contribution is -0.00518. The normalized spacial score (nSPS) is 39.1. The maximum atomic E-state index is 4.67. The van der Waals surface area contributed by atoms with E-state index in [1.165, 1.54) is 38.5 Å². The third-order valence-electron chi connectivity index (χ3n) is 5.69. The first-order valence-electron chi connectivity index (χ1n) is 7.46. The molecule has 0 spiro atoms. The Kier molecular flexibility index (Phi) is 2.65. The lowest BCUT2D eigenvalue weighted by Gasteiger charge is -2.57. The standard InChI is InChI=1S/C17H19NS/c19-11-18-16-3-1-15(2-4-16)17-8-12-5-13(9-17)7-14(6-12)10-17/h1-4,12-14H,5-10H2. The molecule has 5 rings (SSSR count). The third-order valence-corrected chi connectivity index (χ3v) is 5.78. The Bertz CT molecular complexity index is 504. The van der Waals surface area contributed by atoms with Crippen LogP contribution in [0.3, 0.4) is 0 Å². The van der Waals surface area contributed by atoms with E-state index in [1.54, 1.807) is 5.56 Å². The van der Waals surface area contributed by atoms with Crippen molar-refractivity contribution in [3.63, 3.8) is 0 Å². The summed E-state index contributed by atoms with van der Waals surface area (Å²) < 4.78 is 0. The number of rotatable bonds is 2. The van der Waals surface area contributed by atoms with Crippen molar-refractivity contribution in [1.82, 2.24) is 0 Å². The van der Waals surface area contributed by atoms with E-state index in [1.807, 2.05) is 0 Å². The Morgan fingerprint density at radius 2 is 1.47 bits per heavy atom. The SMILES string of the molecule is S=C=Nc1ccc(C23CC4CC(CC(C4)C2)C3)cc1. The predicted octanol–water partition coefficient (Wildman–Crippen LogP) is 4.89. The average molecular weight is 269 g/mol. The van der Waals surface area contributed by atoms with E-state index >= 15 is 0 Å². The highest BCUT2D eigenvalue weighted by Gasteiger charge is 2.51. The molecule has 0 aromatic heterocycles. The van der Waals surface area contributed by atoms with Crippen LogP contribution in [-0.4, -0.2) is 5.16 Å². The van der Waals surface area contributed by atoms with Gasteiger partial charge in [0, 0.05) is 0 Å². The molecule has 0 unspecified atom stereocenters. The van der Waals surface area contributed by atoms with Crippen molar-refractivity contribution < 1.29 is 0 Å². The van der Waals surface area contributed by atoms with E-state index in [0.29, 0.717) is 5.41 Å². The number of hydrogen-bond donors (Lipinski definition) is 0. The summed E-state index contributed by atoms with van der Waals surface area (Å²) in [5.74, 6) is 3.01. The van der Waals surface area contributed by atoms with Gasteiger partial charge in [-0.2, -0.15) is 4.99 Å². The number of isothiocyanates is 1. The van der Waals surface area contributed by atoms with Crippen LogP contribution in [0.15, 0.2) is 29.3 Å². The number of thiocarbonyl (C=S) groups is 1. The molecule has 19 heavy (non-hydrogen) atoms. The summed E-state index contributed by atoms with van der Waals surface area (Å²) in [4.78, 5) is 4.06. The zero-order valence-corrected chi connectivity index (χ0v) is 12.0. The molecule has 1 nitrogen and oxygen atoms in total. The zero-order valence-electron chi connectivity index (χ0n) is 11.1. The van der Waals surface area contributed by atoms with Gasteiger partial charge in [0.1, 0.15) is 0 Å². The summed E-state index contributed by atoms with van der Waals surface area (Å²) in [6.07, 6.45) is 8.80. The minimum atomic E-state index is 0.495. The zero-order chi connectivity index (χ0) is 12.9. The Morgan fingerprint density at radius 3 is 1.95 bits per heavy atom. The van der Waals surface area contributed by atoms with E-state index < -0.39 is 0 Å². The largest absolute Gasteiger partial charge is 0.195 e. The fourth-order valence-corrected chi connectivity index (χ4v) is 5.51. The van der Waals surface area contributed by atoms with Gasteiger partial charge in [0.25, 0.3) is 0 Å². The van der Waals surface area contributed by atoms with Crippen LogP contribution < -0.4 is 0 Å². The Morgan fingerprint density at radius 1 is 0.947 bits per heavy atom. The van der Waals surface area contributed by atoms with Gasteiger partial charge in [-0.05, 0) is 91.6 Å².